The molecule has 1 heterocycles. The highest BCUT2D eigenvalue weighted by molar-refractivity contribution is 9.10. The van der Waals surface area contributed by atoms with E-state index in [0.29, 0.717) is 5.92 Å². The predicted octanol–water partition coefficient (Wildman–Crippen LogP) is 6.53. The van der Waals surface area contributed by atoms with E-state index in [4.69, 9.17) is 5.73 Å². The van der Waals surface area contributed by atoms with Crippen molar-refractivity contribution >= 4 is 44.5 Å². The van der Waals surface area contributed by atoms with E-state index in [1.165, 1.54) is 11.1 Å². The van der Waals surface area contributed by atoms with Crippen LogP contribution in [0.1, 0.15) is 19.4 Å². The Bertz CT molecular complexity index is 1120. The minimum absolute atomic E-state index is 0.249. The van der Waals surface area contributed by atoms with Crippen LogP contribution in [0.3, 0.4) is 0 Å². The van der Waals surface area contributed by atoms with Crippen LogP contribution in [0.15, 0.2) is 72.8 Å². The Kier molecular flexibility index (Phi) is 5.49. The first kappa shape index (κ1) is 19.4. The molecule has 0 unspecified atom stereocenters. The summed E-state index contributed by atoms with van der Waals surface area (Å²) in [6.07, 6.45) is 1.09. The van der Waals surface area contributed by atoms with Gasteiger partial charge in [0.1, 0.15) is 0 Å². The average molecular weight is 447 g/mol. The molecule has 0 aliphatic heterocycles. The number of hydrogen-bond donors (Lipinski definition) is 1. The largest absolute Gasteiger partial charge is 0.368 e. The lowest BCUT2D eigenvalue weighted by Gasteiger charge is -2.18. The molecular weight excluding hydrogens is 424 g/mol. The molecule has 1 aromatic heterocycles. The number of nitrogens with zero attached hydrogens (tertiary/aromatic N) is 3. The van der Waals surface area contributed by atoms with E-state index in [0.717, 1.165) is 34.4 Å². The lowest BCUT2D eigenvalue weighted by Crippen LogP contribution is -2.07. The van der Waals surface area contributed by atoms with Crippen molar-refractivity contribution in [2.75, 3.05) is 9.66 Å². The van der Waals surface area contributed by atoms with E-state index in [1.54, 1.807) is 0 Å². The molecular formula is C24H23BrN4. The summed E-state index contributed by atoms with van der Waals surface area (Å²) in [5.74, 6) is 1.62. The number of hydrogen-bond acceptors (Lipinski definition) is 4. The summed E-state index contributed by atoms with van der Waals surface area (Å²) >= 11 is 3.65. The smallest absolute Gasteiger partial charge is 0.222 e. The third-order valence-electron chi connectivity index (χ3n) is 4.79. The number of rotatable bonds is 5. The van der Waals surface area contributed by atoms with E-state index in [2.05, 4.69) is 76.4 Å². The molecule has 5 heteroatoms. The van der Waals surface area contributed by atoms with Crippen molar-refractivity contribution in [3.8, 4) is 11.1 Å². The molecule has 0 saturated heterocycles. The quantitative estimate of drug-likeness (QED) is 0.354. The van der Waals surface area contributed by atoms with Gasteiger partial charge in [0.05, 0.1) is 27.4 Å². The zero-order chi connectivity index (χ0) is 20.4. The number of anilines is 3. The monoisotopic (exact) mass is 446 g/mol. The minimum Gasteiger partial charge on any atom is -0.368 e. The Morgan fingerprint density at radius 1 is 0.897 bits per heavy atom. The molecule has 146 valence electrons. The van der Waals surface area contributed by atoms with Gasteiger partial charge in [-0.15, -0.1) is 0 Å². The summed E-state index contributed by atoms with van der Waals surface area (Å²) in [6, 6.07) is 25.0. The molecule has 0 aliphatic carbocycles. The number of halogens is 1. The maximum Gasteiger partial charge on any atom is 0.222 e. The molecule has 29 heavy (non-hydrogen) atoms. The van der Waals surface area contributed by atoms with Crippen LogP contribution in [0, 0.1) is 5.92 Å². The molecule has 0 fully saturated rings. The van der Waals surface area contributed by atoms with Crippen molar-refractivity contribution in [3.63, 3.8) is 0 Å². The topological polar surface area (TPSA) is 55.0 Å². The lowest BCUT2D eigenvalue weighted by atomic mass is 9.98. The second kappa shape index (κ2) is 8.21. The van der Waals surface area contributed by atoms with E-state index in [9.17, 15) is 0 Å². The molecule has 0 atom stereocenters. The van der Waals surface area contributed by atoms with Gasteiger partial charge >= 0.3 is 0 Å². The highest BCUT2D eigenvalue weighted by atomic mass is 79.9. The molecule has 4 nitrogen and oxygen atoms in total. The third-order valence-corrected chi connectivity index (χ3v) is 5.54. The molecule has 2 N–H and O–H groups in total. The Hall–Kier alpha value is -2.92. The average Bonchev–Trinajstić information content (AvgIpc) is 2.73. The van der Waals surface area contributed by atoms with E-state index < -0.39 is 0 Å². The van der Waals surface area contributed by atoms with Crippen molar-refractivity contribution in [3.05, 3.63) is 78.4 Å². The zero-order valence-corrected chi connectivity index (χ0v) is 18.1. The van der Waals surface area contributed by atoms with Crippen LogP contribution in [0.4, 0.5) is 17.5 Å². The van der Waals surface area contributed by atoms with Gasteiger partial charge in [-0.3, -0.25) is 3.93 Å². The summed E-state index contributed by atoms with van der Waals surface area (Å²) in [4.78, 5) is 8.92. The van der Waals surface area contributed by atoms with Crippen molar-refractivity contribution < 1.29 is 0 Å². The molecule has 0 amide bonds. The van der Waals surface area contributed by atoms with Crippen LogP contribution in [-0.4, -0.2) is 9.97 Å². The highest BCUT2D eigenvalue weighted by Gasteiger charge is 2.15. The van der Waals surface area contributed by atoms with Crippen molar-refractivity contribution in [1.82, 2.24) is 9.97 Å². The van der Waals surface area contributed by atoms with E-state index in [-0.39, 0.29) is 5.95 Å². The van der Waals surface area contributed by atoms with E-state index in [1.807, 2.05) is 40.3 Å². The molecule has 0 radical (unpaired) electrons. The summed E-state index contributed by atoms with van der Waals surface area (Å²) in [5.41, 5.74) is 11.4. The van der Waals surface area contributed by atoms with Crippen molar-refractivity contribution in [2.45, 2.75) is 20.3 Å². The molecule has 4 aromatic rings. The third kappa shape index (κ3) is 4.25. The predicted molar refractivity (Wildman–Crippen MR) is 125 cm³/mol. The van der Waals surface area contributed by atoms with Crippen molar-refractivity contribution in [2.24, 2.45) is 5.92 Å². The van der Waals surface area contributed by atoms with Crippen LogP contribution in [0.25, 0.3) is 22.0 Å². The fraction of sp³-hybridized carbons (Fsp3) is 0.167. The second-order valence-electron chi connectivity index (χ2n) is 7.55. The minimum atomic E-state index is 0.249. The van der Waals surface area contributed by atoms with Gasteiger partial charge in [0.15, 0.2) is 5.82 Å². The summed E-state index contributed by atoms with van der Waals surface area (Å²) in [6.45, 7) is 4.48. The number of benzene rings is 3. The van der Waals surface area contributed by atoms with Gasteiger partial charge in [-0.1, -0.05) is 62.4 Å². The summed E-state index contributed by atoms with van der Waals surface area (Å²) in [7, 11) is 0. The van der Waals surface area contributed by atoms with E-state index >= 15 is 0 Å². The van der Waals surface area contributed by atoms with Crippen LogP contribution < -0.4 is 9.66 Å². The maximum atomic E-state index is 5.98. The molecule has 0 bridgehead atoms. The van der Waals surface area contributed by atoms with Gasteiger partial charge in [0, 0.05) is 5.39 Å². The van der Waals surface area contributed by atoms with Crippen molar-refractivity contribution in [1.29, 1.82) is 0 Å². The van der Waals surface area contributed by atoms with Crippen LogP contribution in [-0.2, 0) is 6.42 Å². The normalized spacial score (nSPS) is 11.2. The van der Waals surface area contributed by atoms with Crippen LogP contribution in [0.5, 0.6) is 0 Å². The maximum absolute atomic E-state index is 5.98. The molecule has 0 saturated carbocycles. The summed E-state index contributed by atoms with van der Waals surface area (Å²) < 4.78 is 1.86. The number of para-hydroxylation sites is 1. The Labute approximate surface area is 179 Å². The first-order valence-corrected chi connectivity index (χ1v) is 10.4. The first-order chi connectivity index (χ1) is 14.0. The fourth-order valence-corrected chi connectivity index (χ4v) is 3.95. The first-order valence-electron chi connectivity index (χ1n) is 9.69. The Morgan fingerprint density at radius 3 is 2.28 bits per heavy atom. The van der Waals surface area contributed by atoms with Gasteiger partial charge in [-0.2, -0.15) is 4.98 Å². The van der Waals surface area contributed by atoms with Gasteiger partial charge in [-0.05, 0) is 53.3 Å². The van der Waals surface area contributed by atoms with Gasteiger partial charge in [0.2, 0.25) is 5.95 Å². The number of nitrogens with two attached hydrogens (primary N) is 1. The molecule has 3 aromatic carbocycles. The van der Waals surface area contributed by atoms with Crippen LogP contribution >= 0.6 is 16.1 Å². The lowest BCUT2D eigenvalue weighted by molar-refractivity contribution is 0.647. The molecule has 4 rings (SSSR count). The second-order valence-corrected chi connectivity index (χ2v) is 8.26. The van der Waals surface area contributed by atoms with Gasteiger partial charge < -0.3 is 5.73 Å². The fourth-order valence-electron chi connectivity index (χ4n) is 3.44. The number of nitrogen functional groups attached to an aromatic ring is 1. The number of aromatic nitrogens is 2. The Morgan fingerprint density at radius 2 is 1.59 bits per heavy atom. The number of fused-ring (bicyclic) bond motifs is 1. The van der Waals surface area contributed by atoms with Crippen LogP contribution in [0.2, 0.25) is 0 Å². The van der Waals surface area contributed by atoms with Gasteiger partial charge in [0.25, 0.3) is 0 Å². The molecule has 0 aliphatic rings. The van der Waals surface area contributed by atoms with Gasteiger partial charge in [-0.25, -0.2) is 4.98 Å². The SMILES string of the molecule is CC(C)Cc1ccc(-c2ccc3nc(N)nc(N(Br)c4ccccc4)c3c2)cc1. The standard InChI is InChI=1S/C24H23BrN4/c1-16(2)14-17-8-10-18(11-9-17)19-12-13-22-21(15-19)23(28-24(26)27-22)29(25)20-6-4-3-5-7-20/h3-13,15-16H,14H2,1-2H3,(H2,26,27,28). The zero-order valence-electron chi connectivity index (χ0n) is 16.5. The Balaban J connectivity index is 1.78. The molecule has 0 spiro atoms. The highest BCUT2D eigenvalue weighted by Crippen LogP contribution is 2.35. The summed E-state index contributed by atoms with van der Waals surface area (Å²) in [5, 5.41) is 0.934.